The summed E-state index contributed by atoms with van der Waals surface area (Å²) in [6, 6.07) is 4.49. The van der Waals surface area contributed by atoms with Crippen LogP contribution in [0.1, 0.15) is 25.0 Å². The predicted molar refractivity (Wildman–Crippen MR) is 78.2 cm³/mol. The van der Waals surface area contributed by atoms with Gasteiger partial charge >= 0.3 is 12.3 Å². The van der Waals surface area contributed by atoms with Crippen LogP contribution in [0.25, 0.3) is 0 Å². The zero-order valence-electron chi connectivity index (χ0n) is 13.2. The number of carbonyl (C=O) groups excluding carboxylic acids is 1. The second kappa shape index (κ2) is 7.52. The number of hydrogen-bond donors (Lipinski definition) is 0. The first-order chi connectivity index (χ1) is 11.3. The molecule has 9 heteroatoms. The second-order valence-corrected chi connectivity index (χ2v) is 4.77. The lowest BCUT2D eigenvalue weighted by Crippen LogP contribution is -2.43. The van der Waals surface area contributed by atoms with Gasteiger partial charge in [0.15, 0.2) is 0 Å². The molecule has 0 radical (unpaired) electrons. The van der Waals surface area contributed by atoms with E-state index in [-0.39, 0.29) is 24.6 Å². The number of carbonyl (C=O) groups is 1. The highest BCUT2D eigenvalue weighted by molar-refractivity contribution is 5.95. The molecule has 0 aromatic heterocycles. The maximum Gasteiger partial charge on any atom is 0.430 e. The standard InChI is InChI=1S/C15H17F3N2O4/c1-3-22-12-9-20(14(21)23-4-2)19-13(24-12)10-6-5-7-11(8-10)15(16,17)18/h5-8,12H,3-4,9H2,1-2H3. The topological polar surface area (TPSA) is 60.4 Å². The molecule has 1 aliphatic heterocycles. The molecule has 132 valence electrons. The Hall–Kier alpha value is -2.29. The van der Waals surface area contributed by atoms with Gasteiger partial charge in [0.1, 0.15) is 6.54 Å². The average Bonchev–Trinajstić information content (AvgIpc) is 2.54. The van der Waals surface area contributed by atoms with Crippen molar-refractivity contribution in [2.75, 3.05) is 19.8 Å². The molecule has 2 rings (SSSR count). The largest absolute Gasteiger partial charge is 0.448 e. The Balaban J connectivity index is 2.33. The normalized spacial score (nSPS) is 18.0. The van der Waals surface area contributed by atoms with Gasteiger partial charge in [-0.3, -0.25) is 0 Å². The maximum atomic E-state index is 12.8. The van der Waals surface area contributed by atoms with Gasteiger partial charge in [-0.05, 0) is 32.0 Å². The molecule has 0 N–H and O–H groups in total. The van der Waals surface area contributed by atoms with E-state index in [1.165, 1.54) is 12.1 Å². The lowest BCUT2D eigenvalue weighted by molar-refractivity contribution is -0.137. The van der Waals surface area contributed by atoms with Crippen LogP contribution in [0.4, 0.5) is 18.0 Å². The van der Waals surface area contributed by atoms with Crippen LogP contribution < -0.4 is 0 Å². The number of nitrogens with zero attached hydrogens (tertiary/aromatic N) is 2. The molecule has 1 heterocycles. The molecule has 0 fully saturated rings. The summed E-state index contributed by atoms with van der Waals surface area (Å²) in [6.45, 7) is 3.79. The number of ether oxygens (including phenoxy) is 3. The molecule has 0 spiro atoms. The van der Waals surface area contributed by atoms with Crippen LogP contribution >= 0.6 is 0 Å². The molecule has 1 aromatic carbocycles. The quantitative estimate of drug-likeness (QED) is 0.840. The molecule has 0 saturated carbocycles. The first-order valence-electron chi connectivity index (χ1n) is 7.34. The Labute approximate surface area is 136 Å². The maximum absolute atomic E-state index is 12.8. The summed E-state index contributed by atoms with van der Waals surface area (Å²) in [7, 11) is 0. The van der Waals surface area contributed by atoms with Gasteiger partial charge in [-0.25, -0.2) is 4.79 Å². The summed E-state index contributed by atoms with van der Waals surface area (Å²) < 4.78 is 54.2. The van der Waals surface area contributed by atoms with Gasteiger partial charge < -0.3 is 14.2 Å². The van der Waals surface area contributed by atoms with Crippen LogP contribution in [0.15, 0.2) is 29.4 Å². The molecule has 24 heavy (non-hydrogen) atoms. The zero-order chi connectivity index (χ0) is 17.7. The number of halogens is 3. The second-order valence-electron chi connectivity index (χ2n) is 4.77. The molecule has 1 unspecified atom stereocenters. The van der Waals surface area contributed by atoms with Crippen molar-refractivity contribution in [3.8, 4) is 0 Å². The van der Waals surface area contributed by atoms with E-state index in [0.717, 1.165) is 17.1 Å². The smallest absolute Gasteiger partial charge is 0.430 e. The Bertz CT molecular complexity index is 619. The lowest BCUT2D eigenvalue weighted by Gasteiger charge is -2.29. The van der Waals surface area contributed by atoms with E-state index in [1.54, 1.807) is 13.8 Å². The van der Waals surface area contributed by atoms with E-state index in [0.29, 0.717) is 6.61 Å². The third-order valence-corrected chi connectivity index (χ3v) is 3.04. The van der Waals surface area contributed by atoms with E-state index in [1.807, 2.05) is 0 Å². The van der Waals surface area contributed by atoms with Gasteiger partial charge in [0.05, 0.1) is 12.2 Å². The van der Waals surface area contributed by atoms with Gasteiger partial charge in [-0.15, -0.1) is 5.10 Å². The van der Waals surface area contributed by atoms with Crippen molar-refractivity contribution in [1.82, 2.24) is 5.01 Å². The Morgan fingerprint density at radius 2 is 2.12 bits per heavy atom. The molecule has 1 atom stereocenters. The van der Waals surface area contributed by atoms with E-state index < -0.39 is 24.1 Å². The van der Waals surface area contributed by atoms with Crippen LogP contribution in [0.2, 0.25) is 0 Å². The van der Waals surface area contributed by atoms with Gasteiger partial charge in [-0.2, -0.15) is 18.2 Å². The third-order valence-electron chi connectivity index (χ3n) is 3.04. The first-order valence-corrected chi connectivity index (χ1v) is 7.34. The van der Waals surface area contributed by atoms with Crippen molar-refractivity contribution >= 4 is 12.0 Å². The zero-order valence-corrected chi connectivity index (χ0v) is 13.2. The molecule has 1 aliphatic rings. The van der Waals surface area contributed by atoms with Crippen molar-refractivity contribution in [1.29, 1.82) is 0 Å². The average molecular weight is 346 g/mol. The van der Waals surface area contributed by atoms with Crippen molar-refractivity contribution < 1.29 is 32.2 Å². The number of hydrazone groups is 1. The number of benzene rings is 1. The number of rotatable bonds is 4. The highest BCUT2D eigenvalue weighted by Crippen LogP contribution is 2.30. The monoisotopic (exact) mass is 346 g/mol. The molecule has 0 saturated heterocycles. The van der Waals surface area contributed by atoms with Crippen LogP contribution in [-0.4, -0.2) is 43.0 Å². The SMILES string of the molecule is CCOC(=O)N1CC(OCC)OC(c2cccc(C(F)(F)F)c2)=N1. The fraction of sp³-hybridized carbons (Fsp3) is 0.467. The third kappa shape index (κ3) is 4.38. The number of amides is 1. The van der Waals surface area contributed by atoms with Crippen LogP contribution in [0, 0.1) is 0 Å². The van der Waals surface area contributed by atoms with Crippen molar-refractivity contribution in [2.24, 2.45) is 5.10 Å². The Morgan fingerprint density at radius 3 is 2.75 bits per heavy atom. The Morgan fingerprint density at radius 1 is 1.38 bits per heavy atom. The molecule has 0 bridgehead atoms. The van der Waals surface area contributed by atoms with Crippen molar-refractivity contribution in [2.45, 2.75) is 26.3 Å². The number of hydrogen-bond acceptors (Lipinski definition) is 5. The summed E-state index contributed by atoms with van der Waals surface area (Å²) in [5.74, 6) is -0.140. The minimum Gasteiger partial charge on any atom is -0.448 e. The molecule has 1 aromatic rings. The van der Waals surface area contributed by atoms with Crippen molar-refractivity contribution in [3.05, 3.63) is 35.4 Å². The van der Waals surface area contributed by atoms with E-state index in [4.69, 9.17) is 14.2 Å². The molecule has 6 nitrogen and oxygen atoms in total. The van der Waals surface area contributed by atoms with E-state index >= 15 is 0 Å². The molecular formula is C15H17F3N2O4. The molecule has 1 amide bonds. The van der Waals surface area contributed by atoms with Gasteiger partial charge in [0.25, 0.3) is 0 Å². The summed E-state index contributed by atoms with van der Waals surface area (Å²) in [4.78, 5) is 11.9. The fourth-order valence-corrected chi connectivity index (χ4v) is 2.02. The minimum atomic E-state index is -4.49. The number of alkyl halides is 3. The minimum absolute atomic E-state index is 0.0187. The van der Waals surface area contributed by atoms with E-state index in [2.05, 4.69) is 5.10 Å². The van der Waals surface area contributed by atoms with Gasteiger partial charge in [0.2, 0.25) is 12.2 Å². The van der Waals surface area contributed by atoms with Crippen LogP contribution in [0.5, 0.6) is 0 Å². The van der Waals surface area contributed by atoms with Crippen LogP contribution in [0.3, 0.4) is 0 Å². The Kier molecular flexibility index (Phi) is 5.66. The van der Waals surface area contributed by atoms with Gasteiger partial charge in [0, 0.05) is 12.2 Å². The summed E-state index contributed by atoms with van der Waals surface area (Å²) in [5, 5.41) is 4.91. The predicted octanol–water partition coefficient (Wildman–Crippen LogP) is 3.22. The van der Waals surface area contributed by atoms with Crippen molar-refractivity contribution in [3.63, 3.8) is 0 Å². The molecular weight excluding hydrogens is 329 g/mol. The highest BCUT2D eigenvalue weighted by atomic mass is 19.4. The summed E-state index contributed by atoms with van der Waals surface area (Å²) >= 11 is 0. The van der Waals surface area contributed by atoms with E-state index in [9.17, 15) is 18.0 Å². The molecule has 0 aliphatic carbocycles. The lowest BCUT2D eigenvalue weighted by atomic mass is 10.1. The van der Waals surface area contributed by atoms with Crippen LogP contribution in [-0.2, 0) is 20.4 Å². The summed E-state index contributed by atoms with van der Waals surface area (Å²) in [6.07, 6.45) is -6.07. The highest BCUT2D eigenvalue weighted by Gasteiger charge is 2.33. The van der Waals surface area contributed by atoms with Gasteiger partial charge in [-0.1, -0.05) is 6.07 Å². The summed E-state index contributed by atoms with van der Waals surface area (Å²) in [5.41, 5.74) is -0.754. The first kappa shape index (κ1) is 18.1. The fourth-order valence-electron chi connectivity index (χ4n) is 2.02.